The largest absolute Gasteiger partial charge is 0.356 e. The summed E-state index contributed by atoms with van der Waals surface area (Å²) in [6.45, 7) is 0.239. The number of benzene rings is 2. The average molecular weight is 361 g/mol. The highest BCUT2D eigenvalue weighted by Crippen LogP contribution is 2.20. The van der Waals surface area contributed by atoms with Crippen molar-refractivity contribution in [2.45, 2.75) is 6.54 Å². The molecule has 6 heteroatoms. The minimum atomic E-state index is -0.312. The third-order valence-corrected chi connectivity index (χ3v) is 4.15. The van der Waals surface area contributed by atoms with E-state index in [-0.39, 0.29) is 18.3 Å². The highest BCUT2D eigenvalue weighted by Gasteiger charge is 2.10. The van der Waals surface area contributed by atoms with Crippen LogP contribution in [0.1, 0.15) is 16.1 Å². The van der Waals surface area contributed by atoms with Crippen LogP contribution in [0.5, 0.6) is 0 Å². The zero-order valence-corrected chi connectivity index (χ0v) is 14.3. The van der Waals surface area contributed by atoms with Gasteiger partial charge in [0, 0.05) is 35.3 Å². The van der Waals surface area contributed by atoms with Crippen LogP contribution in [-0.2, 0) is 6.54 Å². The second-order valence-corrected chi connectivity index (χ2v) is 6.01. The normalized spacial score (nSPS) is 10.7. The molecule has 0 fully saturated rings. The maximum Gasteiger partial charge on any atom is 0.251 e. The summed E-state index contributed by atoms with van der Waals surface area (Å²) in [5.74, 6) is 0.0178. The first kappa shape index (κ1) is 16.8. The number of rotatable bonds is 5. The fraction of sp³-hybridized carbons (Fsp3) is 0.0476. The lowest BCUT2D eigenvalue weighted by Crippen LogP contribution is -2.22. The molecule has 0 saturated carbocycles. The summed E-state index contributed by atoms with van der Waals surface area (Å²) in [5.41, 5.74) is 2.86. The van der Waals surface area contributed by atoms with E-state index in [1.807, 2.05) is 41.2 Å². The molecular weight excluding hydrogens is 345 g/mol. The Morgan fingerprint density at radius 3 is 2.44 bits per heavy atom. The van der Waals surface area contributed by atoms with Gasteiger partial charge in [-0.3, -0.25) is 4.79 Å². The predicted octanol–water partition coefficient (Wildman–Crippen LogP) is 4.20. The van der Waals surface area contributed by atoms with Crippen molar-refractivity contribution in [2.75, 3.05) is 0 Å². The van der Waals surface area contributed by atoms with E-state index in [4.69, 9.17) is 4.52 Å². The monoisotopic (exact) mass is 361 g/mol. The summed E-state index contributed by atoms with van der Waals surface area (Å²) in [6.07, 6.45) is 3.89. The van der Waals surface area contributed by atoms with Crippen molar-refractivity contribution in [1.82, 2.24) is 15.0 Å². The first-order valence-corrected chi connectivity index (χ1v) is 8.42. The maximum atomic E-state index is 13.0. The predicted molar refractivity (Wildman–Crippen MR) is 98.8 cm³/mol. The Morgan fingerprint density at radius 1 is 1.04 bits per heavy atom. The van der Waals surface area contributed by atoms with E-state index in [9.17, 15) is 9.18 Å². The van der Waals surface area contributed by atoms with Crippen LogP contribution in [0.25, 0.3) is 17.0 Å². The minimum Gasteiger partial charge on any atom is -0.356 e. The van der Waals surface area contributed by atoms with E-state index in [0.717, 1.165) is 11.3 Å². The van der Waals surface area contributed by atoms with Gasteiger partial charge < -0.3 is 14.4 Å². The van der Waals surface area contributed by atoms with Gasteiger partial charge >= 0.3 is 0 Å². The van der Waals surface area contributed by atoms with Crippen LogP contribution < -0.4 is 5.32 Å². The smallest absolute Gasteiger partial charge is 0.251 e. The minimum absolute atomic E-state index is 0.194. The third-order valence-electron chi connectivity index (χ3n) is 4.15. The quantitative estimate of drug-likeness (QED) is 0.579. The van der Waals surface area contributed by atoms with Gasteiger partial charge in [-0.25, -0.2) is 4.39 Å². The van der Waals surface area contributed by atoms with Crippen LogP contribution >= 0.6 is 0 Å². The summed E-state index contributed by atoms with van der Waals surface area (Å²) in [7, 11) is 0. The first-order chi connectivity index (χ1) is 13.2. The Kier molecular flexibility index (Phi) is 4.53. The molecule has 134 valence electrons. The highest BCUT2D eigenvalue weighted by atomic mass is 19.1. The molecule has 0 spiro atoms. The van der Waals surface area contributed by atoms with Crippen LogP contribution in [0, 0.1) is 5.82 Å². The molecule has 0 aliphatic carbocycles. The van der Waals surface area contributed by atoms with Gasteiger partial charge in [0.1, 0.15) is 11.5 Å². The van der Waals surface area contributed by atoms with Gasteiger partial charge in [-0.05, 0) is 60.7 Å². The van der Waals surface area contributed by atoms with Gasteiger partial charge in [-0.15, -0.1) is 0 Å². The fourth-order valence-corrected chi connectivity index (χ4v) is 2.71. The van der Waals surface area contributed by atoms with Crippen molar-refractivity contribution < 1.29 is 13.7 Å². The molecule has 2 aromatic heterocycles. The molecule has 27 heavy (non-hydrogen) atoms. The van der Waals surface area contributed by atoms with Crippen LogP contribution in [0.3, 0.4) is 0 Å². The molecule has 0 aliphatic rings. The molecule has 0 aliphatic heterocycles. The molecule has 0 saturated heterocycles. The molecule has 5 nitrogen and oxygen atoms in total. The Bertz CT molecular complexity index is 1040. The molecular formula is C21H16FN3O2. The van der Waals surface area contributed by atoms with Crippen molar-refractivity contribution in [3.8, 4) is 17.0 Å². The molecule has 1 N–H and O–H groups in total. The molecule has 2 heterocycles. The molecule has 0 bridgehead atoms. The fourth-order valence-electron chi connectivity index (χ4n) is 2.71. The van der Waals surface area contributed by atoms with Gasteiger partial charge in [-0.2, -0.15) is 0 Å². The van der Waals surface area contributed by atoms with E-state index < -0.39 is 0 Å². The molecule has 0 radical (unpaired) electrons. The van der Waals surface area contributed by atoms with Gasteiger partial charge in [0.2, 0.25) is 0 Å². The number of nitrogens with zero attached hydrogens (tertiary/aromatic N) is 2. The summed E-state index contributed by atoms with van der Waals surface area (Å²) in [5, 5.41) is 6.76. The van der Waals surface area contributed by atoms with Crippen LogP contribution in [0.4, 0.5) is 4.39 Å². The number of hydrogen-bond donors (Lipinski definition) is 1. The summed E-state index contributed by atoms with van der Waals surface area (Å²) >= 11 is 0. The summed E-state index contributed by atoms with van der Waals surface area (Å²) < 4.78 is 20.2. The maximum absolute atomic E-state index is 13.0. The Balaban J connectivity index is 1.38. The topological polar surface area (TPSA) is 60.1 Å². The first-order valence-electron chi connectivity index (χ1n) is 8.42. The van der Waals surface area contributed by atoms with E-state index in [2.05, 4.69) is 10.5 Å². The van der Waals surface area contributed by atoms with Crippen LogP contribution in [-0.4, -0.2) is 15.6 Å². The SMILES string of the molecule is O=C(NCc1cc(-c2ccc(F)cc2)on1)c1ccc(-n2cccc2)cc1. The van der Waals surface area contributed by atoms with E-state index >= 15 is 0 Å². The molecule has 1 amide bonds. The second-order valence-electron chi connectivity index (χ2n) is 6.01. The lowest BCUT2D eigenvalue weighted by molar-refractivity contribution is 0.0950. The Morgan fingerprint density at radius 2 is 1.74 bits per heavy atom. The number of amides is 1. The zero-order chi connectivity index (χ0) is 18.6. The van der Waals surface area contributed by atoms with Gasteiger partial charge in [0.15, 0.2) is 5.76 Å². The van der Waals surface area contributed by atoms with Crippen LogP contribution in [0.15, 0.2) is 83.6 Å². The summed E-state index contributed by atoms with van der Waals surface area (Å²) in [6, 6.07) is 18.9. The molecule has 4 rings (SSSR count). The van der Waals surface area contributed by atoms with Crippen molar-refractivity contribution >= 4 is 5.91 Å². The number of aromatic nitrogens is 2. The zero-order valence-electron chi connectivity index (χ0n) is 14.3. The van der Waals surface area contributed by atoms with E-state index in [0.29, 0.717) is 17.0 Å². The Hall–Kier alpha value is -3.67. The second kappa shape index (κ2) is 7.29. The van der Waals surface area contributed by atoms with Gasteiger partial charge in [-0.1, -0.05) is 5.16 Å². The summed E-state index contributed by atoms with van der Waals surface area (Å²) in [4.78, 5) is 12.3. The molecule has 0 unspecified atom stereocenters. The average Bonchev–Trinajstić information content (AvgIpc) is 3.39. The molecule has 0 atom stereocenters. The molecule has 4 aromatic rings. The number of halogens is 1. The van der Waals surface area contributed by atoms with Crippen molar-refractivity contribution in [2.24, 2.45) is 0 Å². The van der Waals surface area contributed by atoms with Crippen LogP contribution in [0.2, 0.25) is 0 Å². The van der Waals surface area contributed by atoms with Crippen molar-refractivity contribution in [3.63, 3.8) is 0 Å². The van der Waals surface area contributed by atoms with Crippen molar-refractivity contribution in [1.29, 1.82) is 0 Å². The molecule has 2 aromatic carbocycles. The number of hydrogen-bond acceptors (Lipinski definition) is 3. The highest BCUT2D eigenvalue weighted by molar-refractivity contribution is 5.94. The van der Waals surface area contributed by atoms with E-state index in [1.54, 1.807) is 30.3 Å². The van der Waals surface area contributed by atoms with Gasteiger partial charge in [0.05, 0.1) is 6.54 Å². The lowest BCUT2D eigenvalue weighted by atomic mass is 10.1. The van der Waals surface area contributed by atoms with Crippen molar-refractivity contribution in [3.05, 3.63) is 96.2 Å². The third kappa shape index (κ3) is 3.79. The number of carbonyl (C=O) groups excluding carboxylic acids is 1. The number of nitrogens with one attached hydrogen (secondary N) is 1. The lowest BCUT2D eigenvalue weighted by Gasteiger charge is -2.06. The Labute approximate surface area is 155 Å². The number of carbonyl (C=O) groups is 1. The van der Waals surface area contributed by atoms with E-state index in [1.165, 1.54) is 12.1 Å². The van der Waals surface area contributed by atoms with Gasteiger partial charge in [0.25, 0.3) is 5.91 Å². The standard InChI is InChI=1S/C21H16FN3O2/c22-17-7-3-15(4-8-17)20-13-18(24-27-20)14-23-21(26)16-5-9-19(10-6-16)25-11-1-2-12-25/h1-13H,14H2,(H,23,26).